The molecule has 1 aliphatic heterocycles. The highest BCUT2D eigenvalue weighted by molar-refractivity contribution is 5.76. The molecule has 2 heterocycles. The summed E-state index contributed by atoms with van der Waals surface area (Å²) in [4.78, 5) is 15.6. The molecule has 2 aromatic rings. The number of hydrogen-bond donors (Lipinski definition) is 1. The van der Waals surface area contributed by atoms with Crippen LogP contribution in [-0.2, 0) is 16.1 Å². The van der Waals surface area contributed by atoms with E-state index < -0.39 is 5.97 Å². The van der Waals surface area contributed by atoms with Gasteiger partial charge in [-0.2, -0.15) is 0 Å². The Morgan fingerprint density at radius 2 is 2.30 bits per heavy atom. The molecule has 106 valence electrons. The van der Waals surface area contributed by atoms with E-state index in [1.807, 2.05) is 28.8 Å². The first kappa shape index (κ1) is 13.1. The van der Waals surface area contributed by atoms with Crippen LogP contribution in [0.2, 0.25) is 0 Å². The molecule has 1 saturated heterocycles. The molecular weight excluding hydrogens is 256 g/mol. The highest BCUT2D eigenvalue weighted by Crippen LogP contribution is 2.32. The van der Waals surface area contributed by atoms with Crippen molar-refractivity contribution in [1.29, 1.82) is 0 Å². The lowest BCUT2D eigenvalue weighted by molar-refractivity contribution is -0.137. The first-order valence-electron chi connectivity index (χ1n) is 6.95. The van der Waals surface area contributed by atoms with Gasteiger partial charge in [-0.25, -0.2) is 4.98 Å². The number of hydrogen-bond acceptors (Lipinski definition) is 3. The summed E-state index contributed by atoms with van der Waals surface area (Å²) >= 11 is 0. The quantitative estimate of drug-likeness (QED) is 0.929. The van der Waals surface area contributed by atoms with Gasteiger partial charge in [-0.1, -0.05) is 12.1 Å². The number of carbonyl (C=O) groups is 1. The van der Waals surface area contributed by atoms with Crippen molar-refractivity contribution >= 4 is 17.0 Å². The second kappa shape index (κ2) is 5.25. The van der Waals surface area contributed by atoms with Gasteiger partial charge in [0.2, 0.25) is 0 Å². The van der Waals surface area contributed by atoms with Gasteiger partial charge in [0.25, 0.3) is 0 Å². The van der Waals surface area contributed by atoms with Crippen molar-refractivity contribution in [2.45, 2.75) is 38.3 Å². The summed E-state index contributed by atoms with van der Waals surface area (Å²) < 4.78 is 7.67. The third-order valence-corrected chi connectivity index (χ3v) is 3.94. The second-order valence-electron chi connectivity index (χ2n) is 5.23. The molecule has 1 aliphatic rings. The fourth-order valence-electron chi connectivity index (χ4n) is 2.89. The molecule has 1 aromatic carbocycles. The zero-order valence-electron chi connectivity index (χ0n) is 11.5. The monoisotopic (exact) mass is 274 g/mol. The Hall–Kier alpha value is -1.88. The number of nitrogens with zero attached hydrogens (tertiary/aromatic N) is 2. The van der Waals surface area contributed by atoms with Gasteiger partial charge >= 0.3 is 5.97 Å². The SMILES string of the molecule is CC1OCCC1c1nc2ccccc2n1CCC(=O)O. The summed E-state index contributed by atoms with van der Waals surface area (Å²) in [5, 5.41) is 8.93. The molecule has 5 nitrogen and oxygen atoms in total. The van der Waals surface area contributed by atoms with Gasteiger partial charge in [0.05, 0.1) is 23.6 Å². The Balaban J connectivity index is 2.04. The average molecular weight is 274 g/mol. The lowest BCUT2D eigenvalue weighted by atomic mass is 10.0. The smallest absolute Gasteiger partial charge is 0.305 e. The van der Waals surface area contributed by atoms with Crippen LogP contribution in [0.15, 0.2) is 24.3 Å². The number of rotatable bonds is 4. The van der Waals surface area contributed by atoms with E-state index in [-0.39, 0.29) is 18.4 Å². The van der Waals surface area contributed by atoms with Crippen LogP contribution >= 0.6 is 0 Å². The number of aromatic nitrogens is 2. The van der Waals surface area contributed by atoms with Crippen LogP contribution in [-0.4, -0.2) is 33.3 Å². The molecule has 20 heavy (non-hydrogen) atoms. The summed E-state index contributed by atoms with van der Waals surface area (Å²) in [5.74, 6) is 0.415. The Labute approximate surface area is 117 Å². The third kappa shape index (κ3) is 2.29. The Bertz CT molecular complexity index is 635. The molecule has 0 bridgehead atoms. The van der Waals surface area contributed by atoms with E-state index in [0.717, 1.165) is 29.9 Å². The Morgan fingerprint density at radius 1 is 1.50 bits per heavy atom. The van der Waals surface area contributed by atoms with Crippen molar-refractivity contribution in [2.75, 3.05) is 6.61 Å². The zero-order chi connectivity index (χ0) is 14.1. The number of aryl methyl sites for hydroxylation is 1. The summed E-state index contributed by atoms with van der Waals surface area (Å²) in [6, 6.07) is 7.87. The van der Waals surface area contributed by atoms with Crippen molar-refractivity contribution in [2.24, 2.45) is 0 Å². The van der Waals surface area contributed by atoms with Crippen LogP contribution < -0.4 is 0 Å². The molecule has 0 saturated carbocycles. The maximum atomic E-state index is 10.9. The lowest BCUT2D eigenvalue weighted by Gasteiger charge is -2.16. The average Bonchev–Trinajstić information content (AvgIpc) is 2.99. The molecule has 5 heteroatoms. The molecule has 1 aromatic heterocycles. The van der Waals surface area contributed by atoms with Crippen molar-refractivity contribution in [3.8, 4) is 0 Å². The topological polar surface area (TPSA) is 64.4 Å². The molecular formula is C15H18N2O3. The van der Waals surface area contributed by atoms with Crippen LogP contribution in [0.3, 0.4) is 0 Å². The minimum atomic E-state index is -0.788. The van der Waals surface area contributed by atoms with E-state index in [2.05, 4.69) is 6.92 Å². The van der Waals surface area contributed by atoms with Crippen LogP contribution in [0.5, 0.6) is 0 Å². The third-order valence-electron chi connectivity index (χ3n) is 3.94. The molecule has 3 rings (SSSR count). The molecule has 2 unspecified atom stereocenters. The zero-order valence-corrected chi connectivity index (χ0v) is 11.5. The maximum Gasteiger partial charge on any atom is 0.305 e. The molecule has 1 N–H and O–H groups in total. The summed E-state index contributed by atoms with van der Waals surface area (Å²) in [5.41, 5.74) is 1.93. The Morgan fingerprint density at radius 3 is 3.00 bits per heavy atom. The highest BCUT2D eigenvalue weighted by atomic mass is 16.5. The molecule has 0 aliphatic carbocycles. The first-order chi connectivity index (χ1) is 9.66. The van der Waals surface area contributed by atoms with Gasteiger partial charge in [0, 0.05) is 19.1 Å². The second-order valence-corrected chi connectivity index (χ2v) is 5.23. The number of aliphatic carboxylic acids is 1. The van der Waals surface area contributed by atoms with E-state index >= 15 is 0 Å². The number of imidazole rings is 1. The lowest BCUT2D eigenvalue weighted by Crippen LogP contribution is -2.16. The summed E-state index contributed by atoms with van der Waals surface area (Å²) in [7, 11) is 0. The van der Waals surface area contributed by atoms with Crippen molar-refractivity contribution < 1.29 is 14.6 Å². The number of carboxylic acids is 1. The standard InChI is InChI=1S/C15H18N2O3/c1-10-11(7-9-20-10)15-16-12-4-2-3-5-13(12)17(15)8-6-14(18)19/h2-5,10-11H,6-9H2,1H3,(H,18,19). The van der Waals surface area contributed by atoms with Crippen LogP contribution in [0.25, 0.3) is 11.0 Å². The number of benzene rings is 1. The predicted octanol–water partition coefficient (Wildman–Crippen LogP) is 2.40. The fourth-order valence-corrected chi connectivity index (χ4v) is 2.89. The van der Waals surface area contributed by atoms with Gasteiger partial charge in [0.15, 0.2) is 0 Å². The van der Waals surface area contributed by atoms with Crippen LogP contribution in [0, 0.1) is 0 Å². The van der Waals surface area contributed by atoms with E-state index in [1.54, 1.807) is 0 Å². The summed E-state index contributed by atoms with van der Waals surface area (Å²) in [6.07, 6.45) is 1.18. The van der Waals surface area contributed by atoms with E-state index in [9.17, 15) is 4.79 Å². The van der Waals surface area contributed by atoms with E-state index in [0.29, 0.717) is 6.54 Å². The fraction of sp³-hybridized carbons (Fsp3) is 0.467. The largest absolute Gasteiger partial charge is 0.481 e. The van der Waals surface area contributed by atoms with Gasteiger partial charge in [-0.3, -0.25) is 4.79 Å². The number of carboxylic acid groups (broad SMARTS) is 1. The number of fused-ring (bicyclic) bond motifs is 1. The molecule has 0 amide bonds. The van der Waals surface area contributed by atoms with Gasteiger partial charge in [-0.05, 0) is 25.5 Å². The van der Waals surface area contributed by atoms with Crippen molar-refractivity contribution in [3.63, 3.8) is 0 Å². The molecule has 0 radical (unpaired) electrons. The highest BCUT2D eigenvalue weighted by Gasteiger charge is 2.30. The van der Waals surface area contributed by atoms with Crippen LogP contribution in [0.4, 0.5) is 0 Å². The molecule has 0 spiro atoms. The van der Waals surface area contributed by atoms with E-state index in [4.69, 9.17) is 14.8 Å². The van der Waals surface area contributed by atoms with Gasteiger partial charge in [-0.15, -0.1) is 0 Å². The maximum absolute atomic E-state index is 10.9. The molecule has 2 atom stereocenters. The van der Waals surface area contributed by atoms with E-state index in [1.165, 1.54) is 0 Å². The molecule has 1 fully saturated rings. The van der Waals surface area contributed by atoms with Crippen molar-refractivity contribution in [3.05, 3.63) is 30.1 Å². The minimum Gasteiger partial charge on any atom is -0.481 e. The predicted molar refractivity (Wildman–Crippen MR) is 74.8 cm³/mol. The van der Waals surface area contributed by atoms with Crippen LogP contribution in [0.1, 0.15) is 31.5 Å². The summed E-state index contributed by atoms with van der Waals surface area (Å²) in [6.45, 7) is 3.25. The number of para-hydroxylation sites is 2. The van der Waals surface area contributed by atoms with Gasteiger partial charge < -0.3 is 14.4 Å². The normalized spacial score (nSPS) is 22.4. The Kier molecular flexibility index (Phi) is 3.44. The number of ether oxygens (including phenoxy) is 1. The minimum absolute atomic E-state index is 0.106. The van der Waals surface area contributed by atoms with Gasteiger partial charge in [0.1, 0.15) is 5.82 Å². The first-order valence-corrected chi connectivity index (χ1v) is 6.95. The van der Waals surface area contributed by atoms with Crippen molar-refractivity contribution in [1.82, 2.24) is 9.55 Å².